The second-order valence-electron chi connectivity index (χ2n) is 6.77. The maximum atomic E-state index is 12.2. The smallest absolute Gasteiger partial charge is 0.411 e. The van der Waals surface area contributed by atoms with Crippen LogP contribution in [-0.2, 0) is 11.2 Å². The van der Waals surface area contributed by atoms with Crippen LogP contribution >= 0.6 is 11.3 Å². The molecule has 9 nitrogen and oxygen atoms in total. The van der Waals surface area contributed by atoms with E-state index in [1.807, 2.05) is 42.5 Å². The number of H-pyrrole nitrogens is 1. The highest BCUT2D eigenvalue weighted by atomic mass is 32.1. The number of carboxylic acid groups (broad SMARTS) is 1. The van der Waals surface area contributed by atoms with Crippen molar-refractivity contribution in [3.63, 3.8) is 0 Å². The van der Waals surface area contributed by atoms with E-state index in [-0.39, 0.29) is 18.1 Å². The van der Waals surface area contributed by atoms with Crippen LogP contribution in [0.15, 0.2) is 58.7 Å². The Hall–Kier alpha value is -4.18. The van der Waals surface area contributed by atoms with Crippen molar-refractivity contribution in [3.05, 3.63) is 75.5 Å². The fourth-order valence-corrected chi connectivity index (χ4v) is 3.91. The van der Waals surface area contributed by atoms with Crippen molar-refractivity contribution in [3.8, 4) is 16.5 Å². The topological polar surface area (TPSA) is 142 Å². The van der Waals surface area contributed by atoms with Crippen molar-refractivity contribution >= 4 is 39.9 Å². The molecule has 1 amide bonds. The van der Waals surface area contributed by atoms with Crippen LogP contribution in [0.2, 0.25) is 0 Å². The van der Waals surface area contributed by atoms with E-state index in [1.165, 1.54) is 0 Å². The first kappa shape index (κ1) is 21.1. The molecular weight excluding hydrogens is 434 g/mol. The minimum atomic E-state index is -1.55. The number of nitrogens with zero attached hydrogens (tertiary/aromatic N) is 1. The number of carbonyl (C=O) groups is 2. The van der Waals surface area contributed by atoms with Gasteiger partial charge in [-0.25, -0.2) is 14.6 Å². The van der Waals surface area contributed by atoms with Crippen molar-refractivity contribution in [2.24, 2.45) is 0 Å². The molecule has 2 aromatic carbocycles. The number of rotatable bonds is 6. The number of aromatic carboxylic acids is 1. The summed E-state index contributed by atoms with van der Waals surface area (Å²) >= 11 is 1.12. The largest absolute Gasteiger partial charge is 0.501 e. The van der Waals surface area contributed by atoms with E-state index in [0.29, 0.717) is 11.3 Å². The molecule has 162 valence electrons. The Bertz CT molecular complexity index is 1380. The first-order valence-electron chi connectivity index (χ1n) is 9.48. The van der Waals surface area contributed by atoms with E-state index in [4.69, 9.17) is 9.84 Å². The highest BCUT2D eigenvalue weighted by Gasteiger charge is 2.20. The van der Waals surface area contributed by atoms with Gasteiger partial charge in [-0.15, -0.1) is 11.3 Å². The van der Waals surface area contributed by atoms with Crippen LogP contribution in [0.4, 0.5) is 10.5 Å². The van der Waals surface area contributed by atoms with Gasteiger partial charge in [0, 0.05) is 6.42 Å². The van der Waals surface area contributed by atoms with Crippen LogP contribution < -0.4 is 10.9 Å². The zero-order valence-electron chi connectivity index (χ0n) is 16.5. The Labute approximate surface area is 185 Å². The number of anilines is 1. The number of aromatic hydroxyl groups is 1. The van der Waals surface area contributed by atoms with Crippen molar-refractivity contribution in [1.29, 1.82) is 0 Å². The standard InChI is InChI=1S/C22H17N3O6S/c26-17-16(21(28)29)24-19(25-20(17)27)18-15(8-10-32-18)23-22(30)31-9-7-12-5-6-13-3-1-2-4-14(13)11-12/h1-6,8,10-11,26H,7,9H2,(H,23,30)(H,28,29)(H,24,25,27). The van der Waals surface area contributed by atoms with E-state index >= 15 is 0 Å². The number of ether oxygens (including phenoxy) is 1. The summed E-state index contributed by atoms with van der Waals surface area (Å²) in [6.07, 6.45) is -0.172. The van der Waals surface area contributed by atoms with Gasteiger partial charge in [0.2, 0.25) is 5.75 Å². The summed E-state index contributed by atoms with van der Waals surface area (Å²) in [4.78, 5) is 41.7. The normalized spacial score (nSPS) is 10.8. The minimum Gasteiger partial charge on any atom is -0.501 e. The second kappa shape index (κ2) is 8.90. The lowest BCUT2D eigenvalue weighted by Crippen LogP contribution is -2.17. The molecule has 0 atom stereocenters. The maximum absolute atomic E-state index is 12.2. The minimum absolute atomic E-state index is 0.0911. The SMILES string of the molecule is O=C(Nc1ccsc1-c1nc(C(=O)O)c(O)c(=O)[nH]1)OCCc1ccc2ccccc2c1. The Morgan fingerprint density at radius 2 is 1.91 bits per heavy atom. The number of benzene rings is 2. The molecule has 0 aliphatic heterocycles. The molecule has 0 unspecified atom stereocenters. The lowest BCUT2D eigenvalue weighted by molar-refractivity contribution is 0.0686. The van der Waals surface area contributed by atoms with E-state index in [0.717, 1.165) is 27.7 Å². The van der Waals surface area contributed by atoms with Gasteiger partial charge in [0.25, 0.3) is 5.56 Å². The summed E-state index contributed by atoms with van der Waals surface area (Å²) in [6.45, 7) is 0.154. The molecular formula is C22H17N3O6S. The fourth-order valence-electron chi connectivity index (χ4n) is 3.12. The third-order valence-corrected chi connectivity index (χ3v) is 5.57. The lowest BCUT2D eigenvalue weighted by atomic mass is 10.1. The van der Waals surface area contributed by atoms with E-state index in [9.17, 15) is 19.5 Å². The first-order chi connectivity index (χ1) is 15.4. The van der Waals surface area contributed by atoms with E-state index in [2.05, 4.69) is 15.3 Å². The molecule has 0 saturated carbocycles. The lowest BCUT2D eigenvalue weighted by Gasteiger charge is -2.09. The molecule has 0 radical (unpaired) electrons. The highest BCUT2D eigenvalue weighted by Crippen LogP contribution is 2.31. The van der Waals surface area contributed by atoms with Gasteiger partial charge in [0.15, 0.2) is 11.5 Å². The van der Waals surface area contributed by atoms with Crippen LogP contribution in [0, 0.1) is 0 Å². The van der Waals surface area contributed by atoms with Crippen LogP contribution in [0.5, 0.6) is 5.75 Å². The number of aromatic nitrogens is 2. The number of fused-ring (bicyclic) bond motifs is 1. The third kappa shape index (κ3) is 4.44. The predicted octanol–water partition coefficient (Wildman–Crippen LogP) is 3.85. The number of hydrogen-bond acceptors (Lipinski definition) is 7. The zero-order valence-corrected chi connectivity index (χ0v) is 17.3. The number of carboxylic acids is 1. The number of nitrogens with one attached hydrogen (secondary N) is 2. The monoisotopic (exact) mass is 451 g/mol. The number of thiophene rings is 1. The van der Waals surface area contributed by atoms with Gasteiger partial charge in [0.05, 0.1) is 17.2 Å². The molecule has 32 heavy (non-hydrogen) atoms. The van der Waals surface area contributed by atoms with Crippen LogP contribution in [0.25, 0.3) is 21.5 Å². The number of aromatic amines is 1. The number of amides is 1. The molecule has 0 aliphatic carbocycles. The predicted molar refractivity (Wildman–Crippen MR) is 119 cm³/mol. The molecule has 2 heterocycles. The summed E-state index contributed by atoms with van der Waals surface area (Å²) in [6, 6.07) is 15.6. The van der Waals surface area contributed by atoms with E-state index in [1.54, 1.807) is 11.4 Å². The number of carbonyl (C=O) groups excluding carboxylic acids is 1. The van der Waals surface area contributed by atoms with Gasteiger partial charge in [-0.3, -0.25) is 10.1 Å². The van der Waals surface area contributed by atoms with E-state index < -0.39 is 29.1 Å². The van der Waals surface area contributed by atoms with Gasteiger partial charge in [-0.05, 0) is 27.8 Å². The average Bonchev–Trinajstić information content (AvgIpc) is 3.23. The molecule has 10 heteroatoms. The van der Waals surface area contributed by atoms with Crippen LogP contribution in [-0.4, -0.2) is 38.9 Å². The van der Waals surface area contributed by atoms with Crippen LogP contribution in [0.1, 0.15) is 16.1 Å². The summed E-state index contributed by atoms with van der Waals surface area (Å²) in [7, 11) is 0. The third-order valence-electron chi connectivity index (χ3n) is 4.65. The quantitative estimate of drug-likeness (QED) is 0.349. The Balaban J connectivity index is 1.42. The van der Waals surface area contributed by atoms with Crippen molar-refractivity contribution in [1.82, 2.24) is 9.97 Å². The summed E-state index contributed by atoms with van der Waals surface area (Å²) < 4.78 is 5.26. The van der Waals surface area contributed by atoms with Crippen molar-refractivity contribution < 1.29 is 24.5 Å². The molecule has 0 bridgehead atoms. The zero-order chi connectivity index (χ0) is 22.7. The first-order valence-corrected chi connectivity index (χ1v) is 10.4. The molecule has 0 fully saturated rings. The maximum Gasteiger partial charge on any atom is 0.411 e. The molecule has 4 rings (SSSR count). The van der Waals surface area contributed by atoms with Crippen molar-refractivity contribution in [2.75, 3.05) is 11.9 Å². The van der Waals surface area contributed by atoms with Gasteiger partial charge in [0.1, 0.15) is 0 Å². The molecule has 0 spiro atoms. The molecule has 4 N–H and O–H groups in total. The number of hydrogen-bond donors (Lipinski definition) is 4. The summed E-state index contributed by atoms with van der Waals surface area (Å²) in [5, 5.41) is 25.1. The Morgan fingerprint density at radius 3 is 2.69 bits per heavy atom. The average molecular weight is 451 g/mol. The van der Waals surface area contributed by atoms with Gasteiger partial charge < -0.3 is 19.9 Å². The second-order valence-corrected chi connectivity index (χ2v) is 7.69. The van der Waals surface area contributed by atoms with Crippen LogP contribution in [0.3, 0.4) is 0 Å². The summed E-state index contributed by atoms with van der Waals surface area (Å²) in [5.74, 6) is -2.62. The molecule has 0 saturated heterocycles. The summed E-state index contributed by atoms with van der Waals surface area (Å²) in [5.41, 5.74) is -0.457. The van der Waals surface area contributed by atoms with Gasteiger partial charge >= 0.3 is 12.1 Å². The Kier molecular flexibility index (Phi) is 5.86. The highest BCUT2D eigenvalue weighted by molar-refractivity contribution is 7.14. The Morgan fingerprint density at radius 1 is 1.12 bits per heavy atom. The van der Waals surface area contributed by atoms with Gasteiger partial charge in [-0.2, -0.15) is 0 Å². The van der Waals surface area contributed by atoms with Gasteiger partial charge in [-0.1, -0.05) is 42.5 Å². The fraction of sp³-hybridized carbons (Fsp3) is 0.0909. The molecule has 2 aromatic heterocycles. The molecule has 4 aromatic rings. The molecule has 0 aliphatic rings. The van der Waals surface area contributed by atoms with Crippen molar-refractivity contribution in [2.45, 2.75) is 6.42 Å².